The highest BCUT2D eigenvalue weighted by Gasteiger charge is 2.43. The molecule has 0 bridgehead atoms. The van der Waals surface area contributed by atoms with Gasteiger partial charge in [0, 0.05) is 12.6 Å². The van der Waals surface area contributed by atoms with Crippen LogP contribution in [-0.2, 0) is 4.79 Å². The minimum absolute atomic E-state index is 0.530. The molecule has 4 nitrogen and oxygen atoms in total. The molecule has 0 aromatic rings. The zero-order valence-corrected chi connectivity index (χ0v) is 11.6. The van der Waals surface area contributed by atoms with Crippen molar-refractivity contribution in [3.8, 4) is 0 Å². The highest BCUT2D eigenvalue weighted by molar-refractivity contribution is 5.79. The fourth-order valence-corrected chi connectivity index (χ4v) is 3.48. The van der Waals surface area contributed by atoms with E-state index in [1.807, 2.05) is 0 Å². The first kappa shape index (κ1) is 13.8. The van der Waals surface area contributed by atoms with E-state index in [0.29, 0.717) is 12.0 Å². The van der Waals surface area contributed by atoms with Crippen LogP contribution in [0.25, 0.3) is 0 Å². The quantitative estimate of drug-likeness (QED) is 0.802. The lowest BCUT2D eigenvalue weighted by Gasteiger charge is -2.38. The molecule has 2 aliphatic heterocycles. The maximum atomic E-state index is 11.5. The number of carbonyl (C=O) groups is 1. The first-order valence-corrected chi connectivity index (χ1v) is 7.26. The molecule has 2 rings (SSSR count). The molecule has 0 aromatic heterocycles. The third-order valence-corrected chi connectivity index (χ3v) is 4.57. The maximum Gasteiger partial charge on any atom is 0.323 e. The van der Waals surface area contributed by atoms with Gasteiger partial charge in [0.2, 0.25) is 0 Å². The Morgan fingerprint density at radius 2 is 2.28 bits per heavy atom. The summed E-state index contributed by atoms with van der Waals surface area (Å²) in [5.41, 5.74) is -0.634. The van der Waals surface area contributed by atoms with Gasteiger partial charge in [0.25, 0.3) is 0 Å². The summed E-state index contributed by atoms with van der Waals surface area (Å²) in [5, 5.41) is 12.7. The number of likely N-dealkylation sites (tertiary alicyclic amines) is 1. The van der Waals surface area contributed by atoms with Crippen molar-refractivity contribution >= 4 is 5.97 Å². The topological polar surface area (TPSA) is 52.6 Å². The normalized spacial score (nSPS) is 34.1. The van der Waals surface area contributed by atoms with E-state index in [-0.39, 0.29) is 0 Å². The van der Waals surface area contributed by atoms with E-state index in [1.165, 1.54) is 19.4 Å². The van der Waals surface area contributed by atoms with E-state index in [1.54, 1.807) is 0 Å². The molecule has 2 unspecified atom stereocenters. The number of hydrogen-bond acceptors (Lipinski definition) is 3. The van der Waals surface area contributed by atoms with Crippen molar-refractivity contribution in [2.24, 2.45) is 5.92 Å². The van der Waals surface area contributed by atoms with Crippen LogP contribution in [0, 0.1) is 5.92 Å². The summed E-state index contributed by atoms with van der Waals surface area (Å²) < 4.78 is 0. The predicted octanol–water partition coefficient (Wildman–Crippen LogP) is 1.70. The van der Waals surface area contributed by atoms with Gasteiger partial charge in [-0.1, -0.05) is 0 Å². The van der Waals surface area contributed by atoms with Gasteiger partial charge in [-0.25, -0.2) is 0 Å². The average molecular weight is 254 g/mol. The molecular formula is C14H26N2O2. The summed E-state index contributed by atoms with van der Waals surface area (Å²) in [6, 6.07) is 0.574. The number of carboxylic acid groups (broad SMARTS) is 1. The van der Waals surface area contributed by atoms with Gasteiger partial charge in [0.15, 0.2) is 0 Å². The van der Waals surface area contributed by atoms with Crippen molar-refractivity contribution in [3.05, 3.63) is 0 Å². The van der Waals surface area contributed by atoms with Gasteiger partial charge >= 0.3 is 5.97 Å². The maximum absolute atomic E-state index is 11.5. The number of aliphatic carboxylic acids is 1. The monoisotopic (exact) mass is 254 g/mol. The molecule has 2 atom stereocenters. The molecule has 4 heteroatoms. The van der Waals surface area contributed by atoms with Gasteiger partial charge in [-0.2, -0.15) is 0 Å². The molecule has 0 radical (unpaired) electrons. The van der Waals surface area contributed by atoms with E-state index in [9.17, 15) is 9.90 Å². The highest BCUT2D eigenvalue weighted by atomic mass is 16.4. The molecule has 0 aliphatic carbocycles. The lowest BCUT2D eigenvalue weighted by molar-refractivity contribution is -0.145. The van der Waals surface area contributed by atoms with Crippen LogP contribution in [0.4, 0.5) is 0 Å². The molecule has 2 aliphatic rings. The molecule has 0 spiro atoms. The summed E-state index contributed by atoms with van der Waals surface area (Å²) >= 11 is 0. The minimum Gasteiger partial charge on any atom is -0.480 e. The third kappa shape index (κ3) is 2.86. The molecule has 2 saturated heterocycles. The van der Waals surface area contributed by atoms with Gasteiger partial charge < -0.3 is 15.3 Å². The first-order valence-electron chi connectivity index (χ1n) is 7.26. The van der Waals surface area contributed by atoms with Crippen molar-refractivity contribution < 1.29 is 9.90 Å². The zero-order chi connectivity index (χ0) is 13.2. The van der Waals surface area contributed by atoms with Crippen LogP contribution in [0.5, 0.6) is 0 Å². The van der Waals surface area contributed by atoms with Crippen molar-refractivity contribution in [1.82, 2.24) is 10.2 Å². The molecule has 2 heterocycles. The summed E-state index contributed by atoms with van der Waals surface area (Å²) in [6.07, 6.45) is 4.97. The summed E-state index contributed by atoms with van der Waals surface area (Å²) in [7, 11) is 0. The summed E-state index contributed by atoms with van der Waals surface area (Å²) in [5.74, 6) is -0.121. The van der Waals surface area contributed by atoms with E-state index in [4.69, 9.17) is 0 Å². The van der Waals surface area contributed by atoms with Crippen LogP contribution in [0.2, 0.25) is 0 Å². The van der Waals surface area contributed by atoms with Crippen LogP contribution >= 0.6 is 0 Å². The van der Waals surface area contributed by atoms with E-state index in [0.717, 1.165) is 32.4 Å². The number of rotatable bonds is 4. The van der Waals surface area contributed by atoms with Gasteiger partial charge in [0.05, 0.1) is 0 Å². The molecule has 0 saturated carbocycles. The Kier molecular flexibility index (Phi) is 4.28. The van der Waals surface area contributed by atoms with Gasteiger partial charge in [-0.05, 0) is 65.0 Å². The number of nitrogens with zero attached hydrogens (tertiary/aromatic N) is 1. The molecule has 0 amide bonds. The Morgan fingerprint density at radius 3 is 2.83 bits per heavy atom. The number of piperidine rings is 1. The Labute approximate surface area is 110 Å². The van der Waals surface area contributed by atoms with Crippen LogP contribution < -0.4 is 5.32 Å². The molecule has 2 fully saturated rings. The van der Waals surface area contributed by atoms with Crippen molar-refractivity contribution in [1.29, 1.82) is 0 Å². The van der Waals surface area contributed by atoms with E-state index < -0.39 is 11.5 Å². The fourth-order valence-electron chi connectivity index (χ4n) is 3.48. The molecule has 104 valence electrons. The Balaban J connectivity index is 1.97. The fraction of sp³-hybridized carbons (Fsp3) is 0.929. The molecule has 0 aromatic carbocycles. The zero-order valence-electron chi connectivity index (χ0n) is 11.6. The van der Waals surface area contributed by atoms with Crippen molar-refractivity contribution in [2.45, 2.75) is 57.5 Å². The van der Waals surface area contributed by atoms with Crippen LogP contribution in [0.3, 0.4) is 0 Å². The van der Waals surface area contributed by atoms with Crippen molar-refractivity contribution in [2.75, 3.05) is 19.6 Å². The average Bonchev–Trinajstić information content (AvgIpc) is 2.79. The first-order chi connectivity index (χ1) is 8.53. The second-order valence-electron chi connectivity index (χ2n) is 6.22. The van der Waals surface area contributed by atoms with Gasteiger partial charge in [-0.3, -0.25) is 4.79 Å². The minimum atomic E-state index is -0.651. The predicted molar refractivity (Wildman–Crippen MR) is 71.7 cm³/mol. The number of hydrogen-bond donors (Lipinski definition) is 2. The Morgan fingerprint density at radius 1 is 1.50 bits per heavy atom. The lowest BCUT2D eigenvalue weighted by Crippen LogP contribution is -2.51. The van der Waals surface area contributed by atoms with E-state index in [2.05, 4.69) is 24.1 Å². The number of nitrogens with one attached hydrogen (secondary N) is 1. The van der Waals surface area contributed by atoms with Gasteiger partial charge in [0.1, 0.15) is 5.54 Å². The summed E-state index contributed by atoms with van der Waals surface area (Å²) in [4.78, 5) is 14.0. The highest BCUT2D eigenvalue weighted by Crippen LogP contribution is 2.32. The Bertz CT molecular complexity index is 298. The molecule has 2 N–H and O–H groups in total. The van der Waals surface area contributed by atoms with Crippen LogP contribution in [0.15, 0.2) is 0 Å². The van der Waals surface area contributed by atoms with E-state index >= 15 is 0 Å². The Hall–Kier alpha value is -0.610. The third-order valence-electron chi connectivity index (χ3n) is 4.57. The largest absolute Gasteiger partial charge is 0.480 e. The van der Waals surface area contributed by atoms with Crippen LogP contribution in [-0.4, -0.2) is 47.2 Å². The lowest BCUT2D eigenvalue weighted by atomic mass is 9.82. The van der Waals surface area contributed by atoms with Gasteiger partial charge in [-0.15, -0.1) is 0 Å². The van der Waals surface area contributed by atoms with Crippen LogP contribution in [0.1, 0.15) is 46.0 Å². The summed E-state index contributed by atoms with van der Waals surface area (Å²) in [6.45, 7) is 7.54. The smallest absolute Gasteiger partial charge is 0.323 e. The second kappa shape index (κ2) is 5.57. The standard InChI is InChI=1S/C14H26N2O2/c1-11(2)16-8-3-5-12(10-16)9-14(13(17)18)6-4-7-15-14/h11-12,15H,3-10H2,1-2H3,(H,17,18). The number of carboxylic acids is 1. The molecular weight excluding hydrogens is 228 g/mol. The van der Waals surface area contributed by atoms with Crippen molar-refractivity contribution in [3.63, 3.8) is 0 Å². The molecule has 18 heavy (non-hydrogen) atoms. The SMILES string of the molecule is CC(C)N1CCCC(CC2(C(=O)O)CCCN2)C1. The second-order valence-corrected chi connectivity index (χ2v) is 6.22.